The molecule has 0 bridgehead atoms. The van der Waals surface area contributed by atoms with Gasteiger partial charge in [0.2, 0.25) is 0 Å². The minimum absolute atomic E-state index is 0.147. The van der Waals surface area contributed by atoms with Gasteiger partial charge in [0.1, 0.15) is 0 Å². The van der Waals surface area contributed by atoms with Gasteiger partial charge in [-0.15, -0.1) is 0 Å². The number of primary amides is 1. The van der Waals surface area contributed by atoms with E-state index in [-0.39, 0.29) is 29.9 Å². The summed E-state index contributed by atoms with van der Waals surface area (Å²) in [5.74, 6) is 0. The largest absolute Gasteiger partial charge is 0.353 e. The number of amides is 2. The van der Waals surface area contributed by atoms with Crippen LogP contribution in [0.25, 0.3) is 0 Å². The third-order valence-corrected chi connectivity index (χ3v) is 7.01. The van der Waals surface area contributed by atoms with Crippen molar-refractivity contribution in [1.29, 1.82) is 0 Å². The number of hydrogen-bond donors (Lipinski definition) is 1. The van der Waals surface area contributed by atoms with E-state index in [1.54, 1.807) is 0 Å². The first kappa shape index (κ1) is 27.5. The van der Waals surface area contributed by atoms with Gasteiger partial charge in [-0.2, -0.15) is 0 Å². The molecule has 2 amide bonds. The number of nitrogens with zero attached hydrogens (tertiary/aromatic N) is 1. The molecule has 2 unspecified atom stereocenters. The summed E-state index contributed by atoms with van der Waals surface area (Å²) in [6.45, 7) is 10.5. The molecule has 0 saturated carbocycles. The topological polar surface area (TPSA) is 83.3 Å². The summed E-state index contributed by atoms with van der Waals surface area (Å²) < 4.78 is 22.4. The van der Waals surface area contributed by atoms with Crippen molar-refractivity contribution < 1.29 is 23.7 Å². The van der Waals surface area contributed by atoms with Gasteiger partial charge in [-0.25, -0.2) is 4.79 Å². The van der Waals surface area contributed by atoms with E-state index in [4.69, 9.17) is 24.7 Å². The Hall–Kier alpha value is -0.456. The van der Waals surface area contributed by atoms with E-state index in [0.29, 0.717) is 26.4 Å². The van der Waals surface area contributed by atoms with Crippen LogP contribution < -0.4 is 5.73 Å². The van der Waals surface area contributed by atoms with Crippen molar-refractivity contribution in [3.8, 4) is 0 Å². The van der Waals surface area contributed by atoms with Gasteiger partial charge in [0.15, 0.2) is 12.6 Å². The highest BCUT2D eigenvalue weighted by Crippen LogP contribution is 2.16. The molecule has 28 heavy (non-hydrogen) atoms. The predicted molar refractivity (Wildman–Crippen MR) is 121 cm³/mol. The van der Waals surface area contributed by atoms with Crippen molar-refractivity contribution in [2.24, 2.45) is 5.73 Å². The second-order valence-corrected chi connectivity index (χ2v) is 9.65. The fraction of sp³-hybridized carbons (Fsp3) is 0.947. The highest BCUT2D eigenvalue weighted by Gasteiger charge is 2.23. The Morgan fingerprint density at radius 3 is 1.32 bits per heavy atom. The van der Waals surface area contributed by atoms with E-state index in [9.17, 15) is 4.79 Å². The Morgan fingerprint density at radius 2 is 1.07 bits per heavy atom. The fourth-order valence-electron chi connectivity index (χ4n) is 3.48. The van der Waals surface area contributed by atoms with Crippen LogP contribution >= 0.6 is 0 Å². The van der Waals surface area contributed by atoms with Crippen molar-refractivity contribution >= 4 is 26.5 Å². The summed E-state index contributed by atoms with van der Waals surface area (Å²) in [6.07, 6.45) is 5.24. The molecule has 0 aromatic heterocycles. The quantitative estimate of drug-likeness (QED) is 0.255. The zero-order chi connectivity index (χ0) is 21.4. The second-order valence-electron chi connectivity index (χ2n) is 6.99. The Balaban J connectivity index is 4.46. The lowest BCUT2D eigenvalue weighted by Crippen LogP contribution is -2.50. The van der Waals surface area contributed by atoms with Crippen LogP contribution in [0.5, 0.6) is 0 Å². The fourth-order valence-corrected chi connectivity index (χ4v) is 6.42. The number of ether oxygens (including phenoxy) is 4. The van der Waals surface area contributed by atoms with Crippen LogP contribution in [0.3, 0.4) is 0 Å². The van der Waals surface area contributed by atoms with E-state index >= 15 is 0 Å². The van der Waals surface area contributed by atoms with Crippen LogP contribution in [-0.2, 0) is 18.9 Å². The molecule has 0 aliphatic rings. The van der Waals surface area contributed by atoms with Gasteiger partial charge in [0.05, 0.1) is 0 Å². The van der Waals surface area contributed by atoms with Crippen LogP contribution in [-0.4, -0.2) is 81.8 Å². The molecule has 2 atom stereocenters. The minimum Gasteiger partial charge on any atom is -0.353 e. The first-order valence-electron chi connectivity index (χ1n) is 10.9. The van der Waals surface area contributed by atoms with Crippen LogP contribution in [0.2, 0.25) is 0 Å². The minimum atomic E-state index is -0.294. The van der Waals surface area contributed by atoms with Crippen LogP contribution in [0.4, 0.5) is 4.79 Å². The molecule has 0 rings (SSSR count). The third kappa shape index (κ3) is 12.2. The average molecular weight is 437 g/mol. The maximum Gasteiger partial charge on any atom is 0.314 e. The average Bonchev–Trinajstić information content (AvgIpc) is 2.62. The first-order chi connectivity index (χ1) is 13.4. The number of hydrogen-bond acceptors (Lipinski definition) is 5. The summed E-state index contributed by atoms with van der Waals surface area (Å²) in [7, 11) is 1.81. The summed E-state index contributed by atoms with van der Waals surface area (Å²) in [4.78, 5) is 14.0. The molecule has 0 aliphatic heterocycles. The van der Waals surface area contributed by atoms with E-state index in [1.807, 2.05) is 32.6 Å². The summed E-state index contributed by atoms with van der Waals surface area (Å²) in [5, 5.41) is 0. The van der Waals surface area contributed by atoms with Crippen molar-refractivity contribution in [2.45, 2.75) is 90.1 Å². The number of urea groups is 1. The van der Waals surface area contributed by atoms with Gasteiger partial charge >= 0.3 is 6.03 Å². The van der Waals surface area contributed by atoms with Gasteiger partial charge in [0, 0.05) is 58.2 Å². The van der Waals surface area contributed by atoms with Crippen molar-refractivity contribution in [1.82, 2.24) is 4.90 Å². The maximum atomic E-state index is 12.1. The molecule has 0 heterocycles. The van der Waals surface area contributed by atoms with Crippen molar-refractivity contribution in [2.75, 3.05) is 26.4 Å². The lowest BCUT2D eigenvalue weighted by atomic mass is 10.2. The lowest BCUT2D eigenvalue weighted by Gasteiger charge is -2.34. The SMILES string of the molecule is CCOC(CCCC([SiH3])N(C(N)=O)C([SiH3])CCCC(OCC)OCC)OCC. The predicted octanol–water partition coefficient (Wildman–Crippen LogP) is 0.889. The highest BCUT2D eigenvalue weighted by molar-refractivity contribution is 6.16. The number of nitrogens with two attached hydrogens (primary N) is 1. The molecule has 0 aliphatic carbocycles. The molecule has 0 fully saturated rings. The standard InChI is InChI=1S/C19H44N2O5Si2/c1-5-23-17(24-6-2)13-9-11-15(27)21(19(20)22)16(28)12-10-14-18(25-7-3)26-8-4/h15-18H,5-14H2,1-4,27-28H3,(H2,20,22). The van der Waals surface area contributed by atoms with E-state index < -0.39 is 0 Å². The summed E-state index contributed by atoms with van der Waals surface area (Å²) >= 11 is 0. The molecule has 0 spiro atoms. The zero-order valence-electron chi connectivity index (χ0n) is 18.9. The lowest BCUT2D eigenvalue weighted by molar-refractivity contribution is -0.140. The normalized spacial score (nSPS) is 14.1. The zero-order valence-corrected chi connectivity index (χ0v) is 22.9. The molecule has 0 radical (unpaired) electrons. The van der Waals surface area contributed by atoms with Crippen molar-refractivity contribution in [3.05, 3.63) is 0 Å². The van der Waals surface area contributed by atoms with E-state index in [0.717, 1.165) is 59.0 Å². The number of carbonyl (C=O) groups is 1. The van der Waals surface area contributed by atoms with Gasteiger partial charge in [-0.3, -0.25) is 0 Å². The number of rotatable bonds is 18. The molecule has 2 N–H and O–H groups in total. The summed E-state index contributed by atoms with van der Waals surface area (Å²) in [5.41, 5.74) is 6.22. The molecule has 7 nitrogen and oxygen atoms in total. The monoisotopic (exact) mass is 436 g/mol. The summed E-state index contributed by atoms with van der Waals surface area (Å²) in [6, 6.07) is -0.294. The molecular weight excluding hydrogens is 392 g/mol. The molecule has 9 heteroatoms. The smallest absolute Gasteiger partial charge is 0.314 e. The molecular formula is C19H44N2O5Si2. The molecule has 0 aromatic carbocycles. The van der Waals surface area contributed by atoms with Crippen LogP contribution in [0.1, 0.15) is 66.2 Å². The van der Waals surface area contributed by atoms with Crippen molar-refractivity contribution in [3.63, 3.8) is 0 Å². The first-order valence-corrected chi connectivity index (χ1v) is 13.3. The number of carbonyl (C=O) groups excluding carboxylic acids is 1. The van der Waals surface area contributed by atoms with Gasteiger partial charge in [0.25, 0.3) is 0 Å². The Kier molecular flexibility index (Phi) is 17.1. The Labute approximate surface area is 177 Å². The highest BCUT2D eigenvalue weighted by atomic mass is 28.1. The van der Waals surface area contributed by atoms with Crippen LogP contribution in [0.15, 0.2) is 0 Å². The van der Waals surface area contributed by atoms with Crippen LogP contribution in [0, 0.1) is 0 Å². The third-order valence-electron chi connectivity index (χ3n) is 4.74. The Morgan fingerprint density at radius 1 is 0.750 bits per heavy atom. The van der Waals surface area contributed by atoms with E-state index in [2.05, 4.69) is 0 Å². The maximum absolute atomic E-state index is 12.1. The molecule has 0 saturated heterocycles. The second kappa shape index (κ2) is 17.4. The molecule has 168 valence electrons. The van der Waals surface area contributed by atoms with Gasteiger partial charge in [-0.1, -0.05) is 0 Å². The molecule has 0 aromatic rings. The van der Waals surface area contributed by atoms with Gasteiger partial charge < -0.3 is 29.6 Å². The van der Waals surface area contributed by atoms with E-state index in [1.165, 1.54) is 0 Å². The Bertz CT molecular complexity index is 353. The van der Waals surface area contributed by atoms with Gasteiger partial charge in [-0.05, 0) is 66.2 Å².